The van der Waals surface area contributed by atoms with Gasteiger partial charge in [-0.05, 0) is 30.4 Å². The minimum absolute atomic E-state index is 0.00647. The quantitative estimate of drug-likeness (QED) is 0.372. The van der Waals surface area contributed by atoms with E-state index in [1.54, 1.807) is 19.3 Å². The number of nitrogens with zero attached hydrogens (tertiary/aromatic N) is 3. The van der Waals surface area contributed by atoms with Crippen molar-refractivity contribution in [2.24, 2.45) is 5.10 Å². The van der Waals surface area contributed by atoms with Crippen molar-refractivity contribution in [3.05, 3.63) is 58.3 Å². The summed E-state index contributed by atoms with van der Waals surface area (Å²) in [5, 5.41) is 18.8. The number of benzene rings is 1. The summed E-state index contributed by atoms with van der Waals surface area (Å²) in [4.78, 5) is 15.5. The maximum Gasteiger partial charge on any atom is 0.270 e. The molecule has 0 aliphatic heterocycles. The number of nitrogens with one attached hydrogen (secondary N) is 2. The molecule has 118 valence electrons. The van der Waals surface area contributed by atoms with Crippen molar-refractivity contribution in [1.29, 1.82) is 0 Å². The second-order valence-electron chi connectivity index (χ2n) is 4.20. The molecule has 0 saturated heterocycles. The Labute approximate surface area is 142 Å². The zero-order valence-corrected chi connectivity index (χ0v) is 13.7. The smallest absolute Gasteiger partial charge is 0.270 e. The van der Waals surface area contributed by atoms with Crippen LogP contribution >= 0.6 is 24.0 Å². The van der Waals surface area contributed by atoms with Gasteiger partial charge in [-0.25, -0.2) is 4.98 Å². The van der Waals surface area contributed by atoms with E-state index < -0.39 is 4.92 Å². The van der Waals surface area contributed by atoms with Gasteiger partial charge in [0.15, 0.2) is 5.11 Å². The summed E-state index contributed by atoms with van der Waals surface area (Å²) < 4.78 is 0. The van der Waals surface area contributed by atoms with Crippen LogP contribution in [0.3, 0.4) is 0 Å². The van der Waals surface area contributed by atoms with Crippen molar-refractivity contribution in [3.8, 4) is 0 Å². The number of rotatable bonds is 5. The first-order valence-corrected chi connectivity index (χ1v) is 7.70. The Morgan fingerprint density at radius 1 is 1.43 bits per heavy atom. The molecule has 1 heterocycles. The lowest BCUT2D eigenvalue weighted by Crippen LogP contribution is -2.28. The molecule has 0 bridgehead atoms. The average molecular weight is 347 g/mol. The second kappa shape index (κ2) is 8.20. The van der Waals surface area contributed by atoms with E-state index in [2.05, 4.69) is 20.8 Å². The molecule has 9 heteroatoms. The molecule has 0 spiro atoms. The monoisotopic (exact) mass is 347 g/mol. The third-order valence-corrected chi connectivity index (χ3v) is 3.99. The molecule has 0 saturated carbocycles. The predicted molar refractivity (Wildman–Crippen MR) is 93.8 cm³/mol. The zero-order valence-electron chi connectivity index (χ0n) is 12.1. The summed E-state index contributed by atoms with van der Waals surface area (Å²) in [6.45, 7) is 0. The third-order valence-electron chi connectivity index (χ3n) is 2.65. The van der Waals surface area contributed by atoms with Gasteiger partial charge in [0.25, 0.3) is 5.69 Å². The highest BCUT2D eigenvalue weighted by Gasteiger charge is 2.11. The molecule has 7 nitrogen and oxygen atoms in total. The molecule has 0 radical (unpaired) electrons. The lowest BCUT2D eigenvalue weighted by atomic mass is 10.2. The number of pyridine rings is 1. The van der Waals surface area contributed by atoms with Crippen LogP contribution in [0.2, 0.25) is 0 Å². The maximum absolute atomic E-state index is 10.9. The molecule has 23 heavy (non-hydrogen) atoms. The van der Waals surface area contributed by atoms with Gasteiger partial charge in [0.1, 0.15) is 5.03 Å². The molecule has 0 aliphatic carbocycles. The second-order valence-corrected chi connectivity index (χ2v) is 5.67. The number of non-ortho nitro benzene ring substituents is 1. The Balaban J connectivity index is 2.29. The van der Waals surface area contributed by atoms with E-state index in [4.69, 9.17) is 12.2 Å². The Morgan fingerprint density at radius 3 is 2.91 bits per heavy atom. The van der Waals surface area contributed by atoms with Crippen LogP contribution in [0.25, 0.3) is 0 Å². The largest absolute Gasteiger partial charge is 0.364 e. The molecule has 0 unspecified atom stereocenters. The lowest BCUT2D eigenvalue weighted by Gasteiger charge is -2.05. The Morgan fingerprint density at radius 2 is 2.26 bits per heavy atom. The molecule has 0 fully saturated rings. The van der Waals surface area contributed by atoms with Crippen LogP contribution in [0.4, 0.5) is 5.69 Å². The molecular weight excluding hydrogens is 334 g/mol. The summed E-state index contributed by atoms with van der Waals surface area (Å²) in [5.41, 5.74) is 3.21. The number of nitro benzene ring substituents is 1. The van der Waals surface area contributed by atoms with E-state index in [0.717, 1.165) is 9.92 Å². The zero-order chi connectivity index (χ0) is 16.7. The van der Waals surface area contributed by atoms with E-state index in [1.165, 1.54) is 30.1 Å². The Kier molecular flexibility index (Phi) is 6.01. The first kappa shape index (κ1) is 16.8. The van der Waals surface area contributed by atoms with Crippen LogP contribution in [-0.2, 0) is 0 Å². The fourth-order valence-electron chi connectivity index (χ4n) is 1.58. The molecule has 2 N–H and O–H groups in total. The van der Waals surface area contributed by atoms with E-state index >= 15 is 0 Å². The van der Waals surface area contributed by atoms with Crippen molar-refractivity contribution < 1.29 is 4.92 Å². The molecule has 1 aromatic carbocycles. The molecule has 0 atom stereocenters. The molecule has 2 aromatic rings. The van der Waals surface area contributed by atoms with Gasteiger partial charge in [-0.15, -0.1) is 0 Å². The van der Waals surface area contributed by atoms with Crippen LogP contribution in [0, 0.1) is 10.1 Å². The van der Waals surface area contributed by atoms with Gasteiger partial charge in [0.05, 0.1) is 11.1 Å². The molecule has 1 aromatic heterocycles. The van der Waals surface area contributed by atoms with Crippen LogP contribution in [0.5, 0.6) is 0 Å². The summed E-state index contributed by atoms with van der Waals surface area (Å²) in [6, 6.07) is 10.1. The summed E-state index contributed by atoms with van der Waals surface area (Å²) in [6.07, 6.45) is 3.18. The van der Waals surface area contributed by atoms with Crippen LogP contribution in [-0.4, -0.2) is 28.3 Å². The van der Waals surface area contributed by atoms with E-state index in [1.807, 2.05) is 18.2 Å². The minimum atomic E-state index is -0.446. The van der Waals surface area contributed by atoms with E-state index in [9.17, 15) is 10.1 Å². The average Bonchev–Trinajstić information content (AvgIpc) is 2.56. The van der Waals surface area contributed by atoms with E-state index in [0.29, 0.717) is 10.7 Å². The Bertz CT molecular complexity index is 737. The summed E-state index contributed by atoms with van der Waals surface area (Å²) in [5.74, 6) is 0. The number of thiocarbonyl (C=S) groups is 1. The van der Waals surface area contributed by atoms with Crippen LogP contribution in [0.15, 0.2) is 57.6 Å². The van der Waals surface area contributed by atoms with Gasteiger partial charge < -0.3 is 5.32 Å². The number of hydrogen-bond donors (Lipinski definition) is 2. The normalized spacial score (nSPS) is 10.5. The summed E-state index contributed by atoms with van der Waals surface area (Å²) >= 11 is 6.31. The van der Waals surface area contributed by atoms with Gasteiger partial charge >= 0.3 is 0 Å². The molecule has 0 aliphatic rings. The van der Waals surface area contributed by atoms with Gasteiger partial charge in [-0.3, -0.25) is 15.5 Å². The van der Waals surface area contributed by atoms with E-state index in [-0.39, 0.29) is 5.69 Å². The first-order valence-electron chi connectivity index (χ1n) is 6.48. The van der Waals surface area contributed by atoms with Crippen molar-refractivity contribution in [2.75, 3.05) is 7.05 Å². The van der Waals surface area contributed by atoms with Gasteiger partial charge in [0, 0.05) is 35.8 Å². The van der Waals surface area contributed by atoms with Gasteiger partial charge in [-0.1, -0.05) is 17.8 Å². The lowest BCUT2D eigenvalue weighted by molar-refractivity contribution is -0.384. The van der Waals surface area contributed by atoms with Gasteiger partial charge in [-0.2, -0.15) is 5.10 Å². The standard InChI is InChI=1S/C14H13N5O2S2/c1-15-14(22)18-17-9-10-8-11(19(20)21)5-6-12(10)23-13-4-2-3-7-16-13/h2-9H,1H3,(H2,15,18,22). The number of nitro groups is 1. The molecule has 0 amide bonds. The van der Waals surface area contributed by atoms with Gasteiger partial charge in [0.2, 0.25) is 0 Å². The fraction of sp³-hybridized carbons (Fsp3) is 0.0714. The van der Waals surface area contributed by atoms with Crippen LogP contribution in [0.1, 0.15) is 5.56 Å². The topological polar surface area (TPSA) is 92.5 Å². The van der Waals surface area contributed by atoms with Crippen molar-refractivity contribution in [1.82, 2.24) is 15.7 Å². The highest BCUT2D eigenvalue weighted by atomic mass is 32.2. The van der Waals surface area contributed by atoms with Crippen molar-refractivity contribution in [3.63, 3.8) is 0 Å². The third kappa shape index (κ3) is 5.01. The predicted octanol–water partition coefficient (Wildman–Crippen LogP) is 2.57. The number of hydrazone groups is 1. The minimum Gasteiger partial charge on any atom is -0.364 e. The van der Waals surface area contributed by atoms with Crippen molar-refractivity contribution in [2.45, 2.75) is 9.92 Å². The molecular formula is C14H13N5O2S2. The highest BCUT2D eigenvalue weighted by molar-refractivity contribution is 7.99. The molecule has 2 rings (SSSR count). The SMILES string of the molecule is CNC(=S)NN=Cc1cc([N+](=O)[O-])ccc1Sc1ccccn1. The van der Waals surface area contributed by atoms with Crippen molar-refractivity contribution >= 4 is 41.0 Å². The summed E-state index contributed by atoms with van der Waals surface area (Å²) in [7, 11) is 1.67. The Hall–Kier alpha value is -2.52. The fourth-order valence-corrected chi connectivity index (χ4v) is 2.48. The number of hydrogen-bond acceptors (Lipinski definition) is 6. The first-order chi connectivity index (χ1) is 11.1. The van der Waals surface area contributed by atoms with Crippen LogP contribution < -0.4 is 10.7 Å². The number of aromatic nitrogens is 1. The maximum atomic E-state index is 10.9. The highest BCUT2D eigenvalue weighted by Crippen LogP contribution is 2.30.